The number of rotatable bonds is 6. The zero-order valence-electron chi connectivity index (χ0n) is 17.3. The quantitative estimate of drug-likeness (QED) is 0.597. The number of hydrogen-bond donors (Lipinski definition) is 1. The van der Waals surface area contributed by atoms with E-state index in [1.807, 2.05) is 66.4 Å². The fourth-order valence-electron chi connectivity index (χ4n) is 3.49. The molecule has 31 heavy (non-hydrogen) atoms. The van der Waals surface area contributed by atoms with E-state index in [0.717, 1.165) is 16.9 Å². The van der Waals surface area contributed by atoms with E-state index in [1.165, 1.54) is 11.8 Å². The highest BCUT2D eigenvalue weighted by molar-refractivity contribution is 7.99. The molecule has 1 N–H and O–H groups in total. The zero-order valence-corrected chi connectivity index (χ0v) is 18.1. The summed E-state index contributed by atoms with van der Waals surface area (Å²) in [5.74, 6) is 0.230. The third-order valence-electron chi connectivity index (χ3n) is 5.30. The Morgan fingerprint density at radius 2 is 1.77 bits per heavy atom. The van der Waals surface area contributed by atoms with Crippen molar-refractivity contribution in [3.63, 3.8) is 0 Å². The summed E-state index contributed by atoms with van der Waals surface area (Å²) in [6.45, 7) is 3.18. The molecule has 2 amide bonds. The lowest BCUT2D eigenvalue weighted by molar-refractivity contribution is -0.132. The summed E-state index contributed by atoms with van der Waals surface area (Å²) in [6.07, 6.45) is 1.33. The molecular formula is C22H24N6O2S. The second kappa shape index (κ2) is 9.74. The maximum atomic E-state index is 12.7. The molecule has 0 unspecified atom stereocenters. The van der Waals surface area contributed by atoms with E-state index in [9.17, 15) is 9.59 Å². The lowest BCUT2D eigenvalue weighted by Crippen LogP contribution is -2.42. The topological polar surface area (TPSA) is 93.0 Å². The molecule has 0 radical (unpaired) electrons. The number of para-hydroxylation sites is 1. The van der Waals surface area contributed by atoms with Crippen LogP contribution < -0.4 is 5.32 Å². The van der Waals surface area contributed by atoms with Crippen LogP contribution in [0.3, 0.4) is 0 Å². The molecule has 1 fully saturated rings. The third-order valence-corrected chi connectivity index (χ3v) is 6.21. The highest BCUT2D eigenvalue weighted by Crippen LogP contribution is 2.22. The van der Waals surface area contributed by atoms with Crippen molar-refractivity contribution in [2.75, 3.05) is 24.2 Å². The van der Waals surface area contributed by atoms with E-state index in [-0.39, 0.29) is 23.5 Å². The molecule has 2 aromatic carbocycles. The number of amides is 2. The van der Waals surface area contributed by atoms with Crippen LogP contribution in [0.2, 0.25) is 0 Å². The SMILES string of the molecule is Cc1ccc(-n2nnnc2SCC(=O)N2CCC(C(=O)Nc3ccccc3)CC2)cc1. The van der Waals surface area contributed by atoms with Crippen molar-refractivity contribution in [1.82, 2.24) is 25.1 Å². The van der Waals surface area contributed by atoms with Crippen LogP contribution in [0.25, 0.3) is 5.69 Å². The maximum Gasteiger partial charge on any atom is 0.233 e. The summed E-state index contributed by atoms with van der Waals surface area (Å²) in [5.41, 5.74) is 2.81. The predicted molar refractivity (Wildman–Crippen MR) is 119 cm³/mol. The van der Waals surface area contributed by atoms with Crippen LogP contribution in [0, 0.1) is 12.8 Å². The number of nitrogens with zero attached hydrogens (tertiary/aromatic N) is 5. The molecule has 3 aromatic rings. The molecule has 1 aliphatic rings. The van der Waals surface area contributed by atoms with Crippen LogP contribution in [0.1, 0.15) is 18.4 Å². The molecule has 9 heteroatoms. The summed E-state index contributed by atoms with van der Waals surface area (Å²) in [7, 11) is 0. The average Bonchev–Trinajstić information content (AvgIpc) is 3.27. The molecule has 0 saturated carbocycles. The summed E-state index contributed by atoms with van der Waals surface area (Å²) in [4.78, 5) is 27.0. The van der Waals surface area contributed by atoms with Crippen LogP contribution in [0.15, 0.2) is 59.8 Å². The Balaban J connectivity index is 1.27. The lowest BCUT2D eigenvalue weighted by Gasteiger charge is -2.31. The van der Waals surface area contributed by atoms with Crippen LogP contribution in [0.4, 0.5) is 5.69 Å². The van der Waals surface area contributed by atoms with Gasteiger partial charge in [-0.3, -0.25) is 9.59 Å². The molecule has 160 valence electrons. The van der Waals surface area contributed by atoms with Crippen molar-refractivity contribution in [1.29, 1.82) is 0 Å². The van der Waals surface area contributed by atoms with Crippen LogP contribution in [-0.2, 0) is 9.59 Å². The van der Waals surface area contributed by atoms with Crippen molar-refractivity contribution in [2.45, 2.75) is 24.9 Å². The zero-order chi connectivity index (χ0) is 21.6. The second-order valence-corrected chi connectivity index (χ2v) is 8.45. The van der Waals surface area contributed by atoms with Gasteiger partial charge in [-0.2, -0.15) is 4.68 Å². The van der Waals surface area contributed by atoms with Crippen LogP contribution >= 0.6 is 11.8 Å². The largest absolute Gasteiger partial charge is 0.342 e. The minimum absolute atomic E-state index is 0.0185. The second-order valence-electron chi connectivity index (χ2n) is 7.51. The van der Waals surface area contributed by atoms with Gasteiger partial charge in [0.25, 0.3) is 0 Å². The van der Waals surface area contributed by atoms with Gasteiger partial charge in [-0.15, -0.1) is 5.10 Å². The normalized spacial score (nSPS) is 14.4. The van der Waals surface area contributed by atoms with E-state index in [0.29, 0.717) is 31.1 Å². The minimum atomic E-state index is -0.0780. The smallest absolute Gasteiger partial charge is 0.233 e. The lowest BCUT2D eigenvalue weighted by atomic mass is 9.96. The summed E-state index contributed by atoms with van der Waals surface area (Å²) >= 11 is 1.32. The standard InChI is InChI=1S/C22H24N6O2S/c1-16-7-9-19(10-8-16)28-22(24-25-26-28)31-15-20(29)27-13-11-17(12-14-27)21(30)23-18-5-3-2-4-6-18/h2-10,17H,11-15H2,1H3,(H,23,30). The number of carbonyl (C=O) groups excluding carboxylic acids is 2. The molecular weight excluding hydrogens is 412 g/mol. The highest BCUT2D eigenvalue weighted by Gasteiger charge is 2.27. The van der Waals surface area contributed by atoms with Crippen LogP contribution in [-0.4, -0.2) is 55.8 Å². The molecule has 0 spiro atoms. The number of thioether (sulfide) groups is 1. The minimum Gasteiger partial charge on any atom is -0.342 e. The van der Waals surface area contributed by atoms with Gasteiger partial charge in [0.05, 0.1) is 11.4 Å². The number of benzene rings is 2. The highest BCUT2D eigenvalue weighted by atomic mass is 32.2. The van der Waals surface area contributed by atoms with Gasteiger partial charge in [0.2, 0.25) is 17.0 Å². The monoisotopic (exact) mass is 436 g/mol. The van der Waals surface area contributed by atoms with Crippen molar-refractivity contribution in [3.8, 4) is 5.69 Å². The Bertz CT molecular complexity index is 1030. The number of likely N-dealkylation sites (tertiary alicyclic amines) is 1. The number of aromatic nitrogens is 4. The van der Waals surface area contributed by atoms with Gasteiger partial charge in [-0.05, 0) is 54.5 Å². The average molecular weight is 437 g/mol. The number of tetrazole rings is 1. The van der Waals surface area contributed by atoms with Gasteiger partial charge in [0.1, 0.15) is 0 Å². The van der Waals surface area contributed by atoms with Gasteiger partial charge in [0.15, 0.2) is 0 Å². The number of carbonyl (C=O) groups is 2. The Morgan fingerprint density at radius 1 is 1.06 bits per heavy atom. The molecule has 1 saturated heterocycles. The van der Waals surface area contributed by atoms with E-state index in [4.69, 9.17) is 0 Å². The van der Waals surface area contributed by atoms with Gasteiger partial charge < -0.3 is 10.2 Å². The number of anilines is 1. The molecule has 8 nitrogen and oxygen atoms in total. The Hall–Kier alpha value is -3.20. The molecule has 4 rings (SSSR count). The molecule has 0 aliphatic carbocycles. The van der Waals surface area contributed by atoms with Crippen molar-refractivity contribution in [3.05, 3.63) is 60.2 Å². The van der Waals surface area contributed by atoms with Gasteiger partial charge in [0, 0.05) is 24.7 Å². The van der Waals surface area contributed by atoms with E-state index in [1.54, 1.807) is 4.68 Å². The van der Waals surface area contributed by atoms with Crippen molar-refractivity contribution in [2.24, 2.45) is 5.92 Å². The van der Waals surface area contributed by atoms with Gasteiger partial charge in [-0.1, -0.05) is 47.7 Å². The number of aryl methyl sites for hydroxylation is 1. The predicted octanol–water partition coefficient (Wildman–Crippen LogP) is 2.94. The number of piperidine rings is 1. The first kappa shape index (κ1) is 21.0. The summed E-state index contributed by atoms with van der Waals surface area (Å²) < 4.78 is 1.64. The van der Waals surface area contributed by atoms with Gasteiger partial charge in [-0.25, -0.2) is 0 Å². The van der Waals surface area contributed by atoms with E-state index >= 15 is 0 Å². The first-order valence-electron chi connectivity index (χ1n) is 10.2. The van der Waals surface area contributed by atoms with Crippen LogP contribution in [0.5, 0.6) is 0 Å². The van der Waals surface area contributed by atoms with E-state index in [2.05, 4.69) is 20.8 Å². The molecule has 0 bridgehead atoms. The fourth-order valence-corrected chi connectivity index (χ4v) is 4.28. The molecule has 1 aliphatic heterocycles. The molecule has 1 aromatic heterocycles. The first-order chi connectivity index (χ1) is 15.1. The summed E-state index contributed by atoms with van der Waals surface area (Å²) in [6, 6.07) is 17.3. The van der Waals surface area contributed by atoms with E-state index < -0.39 is 0 Å². The van der Waals surface area contributed by atoms with Crippen molar-refractivity contribution >= 4 is 29.3 Å². The maximum absolute atomic E-state index is 12.7. The Morgan fingerprint density at radius 3 is 2.48 bits per heavy atom. The first-order valence-corrected chi connectivity index (χ1v) is 11.2. The Labute approximate surface area is 185 Å². The fraction of sp³-hybridized carbons (Fsp3) is 0.318. The molecule has 0 atom stereocenters. The number of hydrogen-bond acceptors (Lipinski definition) is 6. The molecule has 2 heterocycles. The van der Waals surface area contributed by atoms with Crippen molar-refractivity contribution < 1.29 is 9.59 Å². The third kappa shape index (κ3) is 5.29. The Kier molecular flexibility index (Phi) is 6.61. The number of nitrogens with one attached hydrogen (secondary N) is 1. The summed E-state index contributed by atoms with van der Waals surface area (Å²) in [5, 5.41) is 15.4. The van der Waals surface area contributed by atoms with Gasteiger partial charge >= 0.3 is 0 Å².